The van der Waals surface area contributed by atoms with Crippen LogP contribution in [-0.4, -0.2) is 10.9 Å². The van der Waals surface area contributed by atoms with Crippen molar-refractivity contribution in [3.8, 4) is 0 Å². The summed E-state index contributed by atoms with van der Waals surface area (Å²) in [7, 11) is 0. The van der Waals surface area contributed by atoms with E-state index >= 15 is 0 Å². The van der Waals surface area contributed by atoms with Crippen molar-refractivity contribution in [1.29, 1.82) is 0 Å². The molecule has 2 N–H and O–H groups in total. The van der Waals surface area contributed by atoms with Gasteiger partial charge in [-0.2, -0.15) is 0 Å². The fourth-order valence-corrected chi connectivity index (χ4v) is 2.80. The number of benzene rings is 2. The van der Waals surface area contributed by atoms with E-state index in [-0.39, 0.29) is 11.4 Å². The largest absolute Gasteiger partial charge is 0.331 e. The number of nitrogens with zero attached hydrogens (tertiary/aromatic N) is 1. The zero-order chi connectivity index (χ0) is 17.1. The van der Waals surface area contributed by atoms with Crippen molar-refractivity contribution < 1.29 is 13.6 Å². The summed E-state index contributed by atoms with van der Waals surface area (Å²) in [5.74, 6) is -2.53. The molecule has 0 unspecified atom stereocenters. The normalized spacial score (nSPS) is 10.5. The van der Waals surface area contributed by atoms with E-state index in [2.05, 4.69) is 15.6 Å². The van der Waals surface area contributed by atoms with Gasteiger partial charge in [-0.25, -0.2) is 13.8 Å². The van der Waals surface area contributed by atoms with Crippen molar-refractivity contribution in [2.45, 2.75) is 0 Å². The first-order chi connectivity index (χ1) is 11.5. The molecule has 122 valence electrons. The first kappa shape index (κ1) is 16.4. The average molecular weight is 366 g/mol. The number of hydrogen-bond acceptors (Lipinski definition) is 4. The van der Waals surface area contributed by atoms with Crippen LogP contribution in [0.1, 0.15) is 10.5 Å². The second-order valence-corrected chi connectivity index (χ2v) is 6.05. The summed E-state index contributed by atoms with van der Waals surface area (Å²) in [5, 5.41) is 8.14. The Morgan fingerprint density at radius 2 is 1.92 bits per heavy atom. The molecule has 0 bridgehead atoms. The molecule has 0 radical (unpaired) electrons. The molecule has 0 fully saturated rings. The van der Waals surface area contributed by atoms with Gasteiger partial charge in [0.1, 0.15) is 5.69 Å². The molecule has 0 aliphatic heterocycles. The van der Waals surface area contributed by atoms with Gasteiger partial charge >= 0.3 is 0 Å². The number of thiazole rings is 1. The van der Waals surface area contributed by atoms with Crippen LogP contribution < -0.4 is 10.6 Å². The molecule has 0 aliphatic rings. The first-order valence-corrected chi connectivity index (χ1v) is 8.01. The third-order valence-electron chi connectivity index (χ3n) is 2.99. The van der Waals surface area contributed by atoms with Gasteiger partial charge in [0, 0.05) is 27.8 Å². The summed E-state index contributed by atoms with van der Waals surface area (Å²) in [4.78, 5) is 16.3. The molecule has 0 atom stereocenters. The minimum absolute atomic E-state index is 0.149. The molecular weight excluding hydrogens is 356 g/mol. The third-order valence-corrected chi connectivity index (χ3v) is 3.98. The molecule has 3 aromatic rings. The van der Waals surface area contributed by atoms with Gasteiger partial charge in [0.05, 0.1) is 0 Å². The number of anilines is 3. The highest BCUT2D eigenvalue weighted by molar-refractivity contribution is 7.14. The number of amides is 1. The SMILES string of the molecule is O=C(Nc1ccc(F)c(F)c1)c1csc(Nc2cccc(Cl)c2)n1. The van der Waals surface area contributed by atoms with Crippen LogP contribution in [0.3, 0.4) is 0 Å². The number of carbonyl (C=O) groups is 1. The Morgan fingerprint density at radius 3 is 2.67 bits per heavy atom. The lowest BCUT2D eigenvalue weighted by molar-refractivity contribution is 0.102. The van der Waals surface area contributed by atoms with E-state index in [4.69, 9.17) is 11.6 Å². The van der Waals surface area contributed by atoms with E-state index in [9.17, 15) is 13.6 Å². The van der Waals surface area contributed by atoms with Crippen molar-refractivity contribution in [1.82, 2.24) is 4.98 Å². The molecule has 0 aliphatic carbocycles. The molecule has 3 rings (SSSR count). The molecule has 0 saturated carbocycles. The van der Waals surface area contributed by atoms with E-state index in [1.807, 2.05) is 6.07 Å². The number of halogens is 3. The van der Waals surface area contributed by atoms with Crippen LogP contribution in [0.25, 0.3) is 0 Å². The molecule has 1 aromatic heterocycles. The number of nitrogens with one attached hydrogen (secondary N) is 2. The topological polar surface area (TPSA) is 54.0 Å². The van der Waals surface area contributed by atoms with Crippen LogP contribution in [0.15, 0.2) is 47.8 Å². The zero-order valence-electron chi connectivity index (χ0n) is 12.0. The molecule has 24 heavy (non-hydrogen) atoms. The minimum Gasteiger partial charge on any atom is -0.331 e. The molecule has 1 amide bonds. The van der Waals surface area contributed by atoms with E-state index in [1.165, 1.54) is 17.4 Å². The molecular formula is C16H10ClF2N3OS. The van der Waals surface area contributed by atoms with Gasteiger partial charge in [-0.3, -0.25) is 4.79 Å². The van der Waals surface area contributed by atoms with E-state index < -0.39 is 17.5 Å². The second-order valence-electron chi connectivity index (χ2n) is 4.76. The fraction of sp³-hybridized carbons (Fsp3) is 0. The maximum absolute atomic E-state index is 13.2. The Bertz CT molecular complexity index is 901. The van der Waals surface area contributed by atoms with Gasteiger partial charge in [-0.05, 0) is 30.3 Å². The fourth-order valence-electron chi connectivity index (χ4n) is 1.89. The highest BCUT2D eigenvalue weighted by atomic mass is 35.5. The third kappa shape index (κ3) is 3.87. The maximum Gasteiger partial charge on any atom is 0.275 e. The smallest absolute Gasteiger partial charge is 0.275 e. The Balaban J connectivity index is 1.70. The monoisotopic (exact) mass is 365 g/mol. The summed E-state index contributed by atoms with van der Waals surface area (Å²) in [6.07, 6.45) is 0. The van der Waals surface area contributed by atoms with Gasteiger partial charge in [0.2, 0.25) is 0 Å². The maximum atomic E-state index is 13.2. The summed E-state index contributed by atoms with van der Waals surface area (Å²) in [5.41, 5.74) is 1.05. The predicted octanol–water partition coefficient (Wildman–Crippen LogP) is 5.07. The number of rotatable bonds is 4. The van der Waals surface area contributed by atoms with Crippen LogP contribution >= 0.6 is 22.9 Å². The van der Waals surface area contributed by atoms with Gasteiger partial charge in [0.15, 0.2) is 16.8 Å². The van der Waals surface area contributed by atoms with Crippen LogP contribution in [-0.2, 0) is 0 Å². The zero-order valence-corrected chi connectivity index (χ0v) is 13.6. The van der Waals surface area contributed by atoms with Gasteiger partial charge in [-0.1, -0.05) is 17.7 Å². The summed E-state index contributed by atoms with van der Waals surface area (Å²) in [6, 6.07) is 10.2. The van der Waals surface area contributed by atoms with Crippen LogP contribution in [0.2, 0.25) is 5.02 Å². The lowest BCUT2D eigenvalue weighted by atomic mass is 10.3. The number of hydrogen-bond donors (Lipinski definition) is 2. The summed E-state index contributed by atoms with van der Waals surface area (Å²) < 4.78 is 26.0. The standard InChI is InChI=1S/C16H10ClF2N3OS/c17-9-2-1-3-10(6-9)21-16-22-14(8-24-16)15(23)20-11-4-5-12(18)13(19)7-11/h1-8H,(H,20,23)(H,21,22). The molecule has 1 heterocycles. The second kappa shape index (κ2) is 6.94. The van der Waals surface area contributed by atoms with Gasteiger partial charge in [-0.15, -0.1) is 11.3 Å². The van der Waals surface area contributed by atoms with E-state index in [1.54, 1.807) is 23.6 Å². The Morgan fingerprint density at radius 1 is 1.08 bits per heavy atom. The van der Waals surface area contributed by atoms with E-state index in [0.717, 1.165) is 17.8 Å². The average Bonchev–Trinajstić information content (AvgIpc) is 2.99. The molecule has 0 spiro atoms. The van der Waals surface area contributed by atoms with Crippen molar-refractivity contribution in [3.63, 3.8) is 0 Å². The first-order valence-electron chi connectivity index (χ1n) is 6.76. The minimum atomic E-state index is -1.03. The lowest BCUT2D eigenvalue weighted by Crippen LogP contribution is -2.12. The molecule has 4 nitrogen and oxygen atoms in total. The van der Waals surface area contributed by atoms with Crippen LogP contribution in [0.4, 0.5) is 25.3 Å². The molecule has 8 heteroatoms. The van der Waals surface area contributed by atoms with Gasteiger partial charge in [0.25, 0.3) is 5.91 Å². The van der Waals surface area contributed by atoms with Gasteiger partial charge < -0.3 is 10.6 Å². The Kier molecular flexibility index (Phi) is 4.73. The van der Waals surface area contributed by atoms with Crippen molar-refractivity contribution in [2.24, 2.45) is 0 Å². The van der Waals surface area contributed by atoms with Crippen molar-refractivity contribution in [2.75, 3.05) is 10.6 Å². The highest BCUT2D eigenvalue weighted by Gasteiger charge is 2.12. The highest BCUT2D eigenvalue weighted by Crippen LogP contribution is 2.23. The number of carbonyl (C=O) groups excluding carboxylic acids is 1. The number of aromatic nitrogens is 1. The lowest BCUT2D eigenvalue weighted by Gasteiger charge is -2.04. The predicted molar refractivity (Wildman–Crippen MR) is 91.2 cm³/mol. The summed E-state index contributed by atoms with van der Waals surface area (Å²) in [6.45, 7) is 0. The quantitative estimate of drug-likeness (QED) is 0.678. The van der Waals surface area contributed by atoms with E-state index in [0.29, 0.717) is 10.2 Å². The van der Waals surface area contributed by atoms with Crippen LogP contribution in [0, 0.1) is 11.6 Å². The Labute approximate surface area is 145 Å². The summed E-state index contributed by atoms with van der Waals surface area (Å²) >= 11 is 7.14. The van der Waals surface area contributed by atoms with Crippen molar-refractivity contribution in [3.05, 3.63) is 70.2 Å². The van der Waals surface area contributed by atoms with Crippen LogP contribution in [0.5, 0.6) is 0 Å². The van der Waals surface area contributed by atoms with Crippen molar-refractivity contribution >= 4 is 45.4 Å². The molecule has 0 saturated heterocycles. The Hall–Kier alpha value is -2.51. The molecule has 2 aromatic carbocycles.